The highest BCUT2D eigenvalue weighted by Crippen LogP contribution is 2.31. The maximum Gasteiger partial charge on any atom is 0.179 e. The fourth-order valence-electron chi connectivity index (χ4n) is 1.26. The number of aliphatic hydroxyl groups excluding tert-OH is 1. The van der Waals surface area contributed by atoms with Gasteiger partial charge in [0.2, 0.25) is 0 Å². The first-order valence-corrected chi connectivity index (χ1v) is 8.08. The molecule has 0 amide bonds. The van der Waals surface area contributed by atoms with Crippen LogP contribution >= 0.6 is 11.8 Å². The van der Waals surface area contributed by atoms with Crippen LogP contribution in [0, 0.1) is 0 Å². The maximum absolute atomic E-state index is 11.9. The molecular weight excluding hydrogens is 256 g/mol. The van der Waals surface area contributed by atoms with E-state index in [1.807, 2.05) is 13.0 Å². The molecule has 0 saturated heterocycles. The SMILES string of the molecule is CCS(=O)(=O)c1ccccc1SC(C)C(C)O. The third kappa shape index (κ3) is 3.72. The molecule has 0 aromatic heterocycles. The molecule has 1 rings (SSSR count). The van der Waals surface area contributed by atoms with Gasteiger partial charge in [0.05, 0.1) is 16.8 Å². The van der Waals surface area contributed by atoms with Crippen LogP contribution in [-0.4, -0.2) is 30.6 Å². The summed E-state index contributed by atoms with van der Waals surface area (Å²) < 4.78 is 23.8. The van der Waals surface area contributed by atoms with Crippen molar-refractivity contribution in [3.63, 3.8) is 0 Å². The smallest absolute Gasteiger partial charge is 0.179 e. The summed E-state index contributed by atoms with van der Waals surface area (Å²) in [6.45, 7) is 5.22. The van der Waals surface area contributed by atoms with Crippen LogP contribution in [0.4, 0.5) is 0 Å². The number of hydrogen-bond acceptors (Lipinski definition) is 4. The number of hydrogen-bond donors (Lipinski definition) is 1. The summed E-state index contributed by atoms with van der Waals surface area (Å²) in [6, 6.07) is 6.94. The zero-order chi connectivity index (χ0) is 13.1. The highest BCUT2D eigenvalue weighted by atomic mass is 32.2. The molecule has 17 heavy (non-hydrogen) atoms. The number of sulfone groups is 1. The van der Waals surface area contributed by atoms with E-state index in [1.54, 1.807) is 32.0 Å². The topological polar surface area (TPSA) is 54.4 Å². The Bertz CT molecular complexity index is 466. The zero-order valence-corrected chi connectivity index (χ0v) is 11.9. The standard InChI is InChI=1S/C12H18O3S2/c1-4-17(14,15)12-8-6-5-7-11(12)16-10(3)9(2)13/h5-10,13H,4H2,1-3H3. The van der Waals surface area contributed by atoms with Crippen molar-refractivity contribution in [3.05, 3.63) is 24.3 Å². The summed E-state index contributed by atoms with van der Waals surface area (Å²) in [5.74, 6) is 0.0909. The Kier molecular flexibility index (Phi) is 5.04. The van der Waals surface area contributed by atoms with Crippen LogP contribution in [0.15, 0.2) is 34.1 Å². The minimum Gasteiger partial charge on any atom is -0.392 e. The fourth-order valence-corrected chi connectivity index (χ4v) is 3.69. The van der Waals surface area contributed by atoms with Gasteiger partial charge in [-0.1, -0.05) is 26.0 Å². The molecule has 0 saturated carbocycles. The fraction of sp³-hybridized carbons (Fsp3) is 0.500. The first-order valence-electron chi connectivity index (χ1n) is 5.55. The van der Waals surface area contributed by atoms with Gasteiger partial charge >= 0.3 is 0 Å². The summed E-state index contributed by atoms with van der Waals surface area (Å²) in [4.78, 5) is 1.07. The second kappa shape index (κ2) is 5.89. The van der Waals surface area contributed by atoms with Crippen LogP contribution in [0.3, 0.4) is 0 Å². The molecule has 1 aromatic rings. The summed E-state index contributed by atoms with van der Waals surface area (Å²) in [6.07, 6.45) is -0.475. The molecule has 2 atom stereocenters. The summed E-state index contributed by atoms with van der Waals surface area (Å²) >= 11 is 1.39. The van der Waals surface area contributed by atoms with Crippen molar-refractivity contribution in [1.82, 2.24) is 0 Å². The normalized spacial score (nSPS) is 15.5. The van der Waals surface area contributed by atoms with E-state index in [0.29, 0.717) is 9.79 Å². The molecule has 0 fully saturated rings. The molecule has 0 heterocycles. The Balaban J connectivity index is 3.09. The van der Waals surface area contributed by atoms with Gasteiger partial charge in [-0.15, -0.1) is 11.8 Å². The third-order valence-electron chi connectivity index (χ3n) is 2.56. The Morgan fingerprint density at radius 2 is 1.88 bits per heavy atom. The average molecular weight is 274 g/mol. The molecule has 96 valence electrons. The molecule has 3 nitrogen and oxygen atoms in total. The Labute approximate surface area is 107 Å². The first-order chi connectivity index (χ1) is 7.88. The molecule has 5 heteroatoms. The summed E-state index contributed by atoms with van der Waals surface area (Å²) in [7, 11) is -3.20. The molecule has 0 bridgehead atoms. The highest BCUT2D eigenvalue weighted by molar-refractivity contribution is 8.00. The van der Waals surface area contributed by atoms with E-state index in [9.17, 15) is 13.5 Å². The predicted octanol–water partition coefficient (Wildman–Crippen LogP) is 2.34. The van der Waals surface area contributed by atoms with E-state index >= 15 is 0 Å². The predicted molar refractivity (Wildman–Crippen MR) is 71.2 cm³/mol. The number of benzene rings is 1. The van der Waals surface area contributed by atoms with Crippen molar-refractivity contribution in [2.75, 3.05) is 5.75 Å². The van der Waals surface area contributed by atoms with Crippen molar-refractivity contribution in [1.29, 1.82) is 0 Å². The van der Waals surface area contributed by atoms with Crippen LogP contribution in [0.2, 0.25) is 0 Å². The van der Waals surface area contributed by atoms with Gasteiger partial charge in [-0.25, -0.2) is 8.42 Å². The molecule has 0 radical (unpaired) electrons. The van der Waals surface area contributed by atoms with Gasteiger partial charge in [0.15, 0.2) is 9.84 Å². The monoisotopic (exact) mass is 274 g/mol. The van der Waals surface area contributed by atoms with Gasteiger partial charge in [0.1, 0.15) is 0 Å². The molecule has 0 aliphatic carbocycles. The molecule has 2 unspecified atom stereocenters. The number of thioether (sulfide) groups is 1. The van der Waals surface area contributed by atoms with Crippen LogP contribution < -0.4 is 0 Å². The summed E-state index contributed by atoms with van der Waals surface area (Å²) in [5.41, 5.74) is 0. The first kappa shape index (κ1) is 14.5. The lowest BCUT2D eigenvalue weighted by Crippen LogP contribution is -2.15. The van der Waals surface area contributed by atoms with Crippen LogP contribution in [0.25, 0.3) is 0 Å². The van der Waals surface area contributed by atoms with E-state index in [4.69, 9.17) is 0 Å². The van der Waals surface area contributed by atoms with Crippen LogP contribution in [-0.2, 0) is 9.84 Å². The lowest BCUT2D eigenvalue weighted by atomic mass is 10.3. The van der Waals surface area contributed by atoms with Crippen LogP contribution in [0.5, 0.6) is 0 Å². The lowest BCUT2D eigenvalue weighted by molar-refractivity contribution is 0.196. The average Bonchev–Trinajstić information content (AvgIpc) is 2.29. The van der Waals surface area contributed by atoms with Crippen LogP contribution in [0.1, 0.15) is 20.8 Å². The van der Waals surface area contributed by atoms with E-state index < -0.39 is 15.9 Å². The quantitative estimate of drug-likeness (QED) is 0.837. The second-order valence-corrected chi connectivity index (χ2v) is 7.58. The van der Waals surface area contributed by atoms with Crippen molar-refractivity contribution < 1.29 is 13.5 Å². The minimum absolute atomic E-state index is 0.0387. The second-order valence-electron chi connectivity index (χ2n) is 3.91. The number of rotatable bonds is 5. The minimum atomic E-state index is -3.20. The van der Waals surface area contributed by atoms with Gasteiger partial charge in [-0.2, -0.15) is 0 Å². The molecular formula is C12H18O3S2. The van der Waals surface area contributed by atoms with Crippen molar-refractivity contribution in [2.45, 2.75) is 41.9 Å². The van der Waals surface area contributed by atoms with Gasteiger partial charge in [-0.3, -0.25) is 0 Å². The van der Waals surface area contributed by atoms with Crippen molar-refractivity contribution >= 4 is 21.6 Å². The van der Waals surface area contributed by atoms with E-state index in [-0.39, 0.29) is 11.0 Å². The molecule has 1 N–H and O–H groups in total. The molecule has 0 aliphatic rings. The van der Waals surface area contributed by atoms with Crippen molar-refractivity contribution in [2.24, 2.45) is 0 Å². The number of aliphatic hydroxyl groups is 1. The van der Waals surface area contributed by atoms with Gasteiger partial charge in [0, 0.05) is 10.1 Å². The Morgan fingerprint density at radius 3 is 2.41 bits per heavy atom. The van der Waals surface area contributed by atoms with E-state index in [0.717, 1.165) is 0 Å². The molecule has 1 aromatic carbocycles. The highest BCUT2D eigenvalue weighted by Gasteiger charge is 2.19. The summed E-state index contributed by atoms with van der Waals surface area (Å²) in [5, 5.41) is 9.42. The Hall–Kier alpha value is -0.520. The largest absolute Gasteiger partial charge is 0.392 e. The zero-order valence-electron chi connectivity index (χ0n) is 10.3. The van der Waals surface area contributed by atoms with Gasteiger partial charge in [-0.05, 0) is 19.1 Å². The molecule has 0 aliphatic heterocycles. The van der Waals surface area contributed by atoms with E-state index in [1.165, 1.54) is 11.8 Å². The third-order valence-corrected chi connectivity index (χ3v) is 5.85. The maximum atomic E-state index is 11.9. The van der Waals surface area contributed by atoms with Gasteiger partial charge in [0.25, 0.3) is 0 Å². The van der Waals surface area contributed by atoms with E-state index in [2.05, 4.69) is 0 Å². The van der Waals surface area contributed by atoms with Gasteiger partial charge < -0.3 is 5.11 Å². The van der Waals surface area contributed by atoms with Crippen molar-refractivity contribution in [3.8, 4) is 0 Å². The lowest BCUT2D eigenvalue weighted by Gasteiger charge is -2.16. The Morgan fingerprint density at radius 1 is 1.29 bits per heavy atom. The molecule has 0 spiro atoms.